The van der Waals surface area contributed by atoms with Gasteiger partial charge in [-0.05, 0) is 18.6 Å². The molecule has 0 radical (unpaired) electrons. The molecule has 0 spiro atoms. The van der Waals surface area contributed by atoms with E-state index in [1.54, 1.807) is 0 Å². The maximum atomic E-state index is 13.4. The molecule has 0 bridgehead atoms. The van der Waals surface area contributed by atoms with E-state index in [1.165, 1.54) is 18.2 Å². The summed E-state index contributed by atoms with van der Waals surface area (Å²) in [5.41, 5.74) is -0.252. The van der Waals surface area contributed by atoms with Gasteiger partial charge in [-0.1, -0.05) is 17.7 Å². The first-order valence-corrected chi connectivity index (χ1v) is 7.01. The Morgan fingerprint density at radius 2 is 2.11 bits per heavy atom. The summed E-state index contributed by atoms with van der Waals surface area (Å²) < 4.78 is 38.5. The lowest BCUT2D eigenvalue weighted by Crippen LogP contribution is -2.18. The van der Waals surface area contributed by atoms with Crippen LogP contribution in [0.4, 0.5) is 10.1 Å². The highest BCUT2D eigenvalue weighted by Gasteiger charge is 2.15. The number of benzene rings is 1. The Morgan fingerprint density at radius 1 is 1.44 bits per heavy atom. The van der Waals surface area contributed by atoms with Gasteiger partial charge in [0, 0.05) is 6.42 Å². The van der Waals surface area contributed by atoms with Gasteiger partial charge < -0.3 is 5.11 Å². The fourth-order valence-electron chi connectivity index (χ4n) is 1.21. The molecule has 0 aliphatic rings. The van der Waals surface area contributed by atoms with E-state index in [1.807, 2.05) is 4.72 Å². The summed E-state index contributed by atoms with van der Waals surface area (Å²) in [6.45, 7) is 0. The Labute approximate surface area is 109 Å². The number of nitrogens with one attached hydrogen (secondary N) is 1. The second kappa shape index (κ2) is 6.01. The summed E-state index contributed by atoms with van der Waals surface area (Å²) in [6, 6.07) is 3.93. The summed E-state index contributed by atoms with van der Waals surface area (Å²) in [7, 11) is -3.78. The van der Waals surface area contributed by atoms with Crippen LogP contribution in [0.2, 0.25) is 5.02 Å². The highest BCUT2D eigenvalue weighted by molar-refractivity contribution is 7.92. The van der Waals surface area contributed by atoms with E-state index in [9.17, 15) is 17.6 Å². The van der Waals surface area contributed by atoms with Crippen molar-refractivity contribution in [3.63, 3.8) is 0 Å². The van der Waals surface area contributed by atoms with E-state index in [0.29, 0.717) is 0 Å². The smallest absolute Gasteiger partial charge is 0.303 e. The molecule has 0 unspecified atom stereocenters. The molecule has 5 nitrogen and oxygen atoms in total. The molecular formula is C10H11ClFNO4S. The number of anilines is 1. The van der Waals surface area contributed by atoms with Crippen LogP contribution in [0.15, 0.2) is 18.2 Å². The second-order valence-corrected chi connectivity index (χ2v) is 5.77. The van der Waals surface area contributed by atoms with Crippen LogP contribution in [0.1, 0.15) is 12.8 Å². The van der Waals surface area contributed by atoms with Crippen LogP contribution in [0.25, 0.3) is 0 Å². The van der Waals surface area contributed by atoms with Crippen molar-refractivity contribution in [2.75, 3.05) is 10.5 Å². The predicted octanol–water partition coefficient (Wildman–Crippen LogP) is 2.09. The van der Waals surface area contributed by atoms with E-state index in [-0.39, 0.29) is 23.6 Å². The Hall–Kier alpha value is -1.34. The molecule has 0 fully saturated rings. The van der Waals surface area contributed by atoms with Gasteiger partial charge in [0.1, 0.15) is 0 Å². The van der Waals surface area contributed by atoms with E-state index in [2.05, 4.69) is 0 Å². The Morgan fingerprint density at radius 3 is 2.72 bits per heavy atom. The number of carbonyl (C=O) groups is 1. The van der Waals surface area contributed by atoms with E-state index < -0.39 is 27.6 Å². The molecule has 0 aromatic heterocycles. The summed E-state index contributed by atoms with van der Waals surface area (Å²) in [4.78, 5) is 10.2. The zero-order valence-electron chi connectivity index (χ0n) is 9.19. The largest absolute Gasteiger partial charge is 0.481 e. The predicted molar refractivity (Wildman–Crippen MR) is 65.7 cm³/mol. The zero-order chi connectivity index (χ0) is 13.8. The van der Waals surface area contributed by atoms with Crippen LogP contribution >= 0.6 is 11.6 Å². The minimum absolute atomic E-state index is 0.0488. The van der Waals surface area contributed by atoms with Crippen molar-refractivity contribution < 1.29 is 22.7 Å². The number of rotatable bonds is 6. The number of carboxylic acid groups (broad SMARTS) is 1. The minimum Gasteiger partial charge on any atom is -0.481 e. The monoisotopic (exact) mass is 295 g/mol. The Kier molecular flexibility index (Phi) is 4.92. The Bertz CT molecular complexity index is 547. The van der Waals surface area contributed by atoms with Crippen molar-refractivity contribution in [3.8, 4) is 0 Å². The molecule has 100 valence electrons. The molecular weight excluding hydrogens is 285 g/mol. The van der Waals surface area contributed by atoms with Gasteiger partial charge in [0.05, 0.1) is 16.5 Å². The van der Waals surface area contributed by atoms with E-state index in [0.717, 1.165) is 0 Å². The standard InChI is InChI=1S/C10H11ClFNO4S/c11-7-3-1-4-8(10(7)12)13-18(16,17)6-2-5-9(14)15/h1,3-4,13H,2,5-6H2,(H,14,15). The molecule has 0 saturated heterocycles. The highest BCUT2D eigenvalue weighted by Crippen LogP contribution is 2.22. The number of hydrogen-bond acceptors (Lipinski definition) is 3. The summed E-state index contributed by atoms with van der Waals surface area (Å²) in [5.74, 6) is -2.34. The molecule has 0 atom stereocenters. The van der Waals surface area contributed by atoms with Gasteiger partial charge in [0.25, 0.3) is 0 Å². The third-order valence-electron chi connectivity index (χ3n) is 2.02. The summed E-state index contributed by atoms with van der Waals surface area (Å²) in [6.07, 6.45) is -0.314. The molecule has 1 rings (SSSR count). The quantitative estimate of drug-likeness (QED) is 0.841. The number of hydrogen-bond donors (Lipinski definition) is 2. The van der Waals surface area contributed by atoms with E-state index in [4.69, 9.17) is 16.7 Å². The lowest BCUT2D eigenvalue weighted by Gasteiger charge is -2.08. The molecule has 0 aliphatic heterocycles. The molecule has 2 N–H and O–H groups in total. The van der Waals surface area contributed by atoms with Gasteiger partial charge in [0.15, 0.2) is 5.82 Å². The zero-order valence-corrected chi connectivity index (χ0v) is 10.8. The molecule has 1 aromatic carbocycles. The van der Waals surface area contributed by atoms with Crippen LogP contribution in [0.5, 0.6) is 0 Å². The average molecular weight is 296 g/mol. The lowest BCUT2D eigenvalue weighted by molar-refractivity contribution is -0.137. The number of sulfonamides is 1. The number of halogens is 2. The molecule has 18 heavy (non-hydrogen) atoms. The van der Waals surface area contributed by atoms with Gasteiger partial charge in [-0.15, -0.1) is 0 Å². The van der Waals surface area contributed by atoms with Crippen molar-refractivity contribution in [2.24, 2.45) is 0 Å². The lowest BCUT2D eigenvalue weighted by atomic mass is 10.3. The summed E-state index contributed by atoms with van der Waals surface area (Å²) >= 11 is 5.50. The van der Waals surface area contributed by atoms with Crippen LogP contribution in [0.3, 0.4) is 0 Å². The second-order valence-electron chi connectivity index (χ2n) is 3.52. The Balaban J connectivity index is 2.71. The van der Waals surface area contributed by atoms with Crippen molar-refractivity contribution in [1.29, 1.82) is 0 Å². The van der Waals surface area contributed by atoms with Gasteiger partial charge in [-0.2, -0.15) is 0 Å². The fourth-order valence-corrected chi connectivity index (χ4v) is 2.51. The molecule has 0 aliphatic carbocycles. The molecule has 0 amide bonds. The van der Waals surface area contributed by atoms with Crippen LogP contribution in [-0.2, 0) is 14.8 Å². The average Bonchev–Trinajstić information content (AvgIpc) is 2.23. The minimum atomic E-state index is -3.78. The molecule has 8 heteroatoms. The first-order chi connectivity index (χ1) is 8.32. The van der Waals surface area contributed by atoms with Crippen LogP contribution in [-0.4, -0.2) is 25.2 Å². The first-order valence-electron chi connectivity index (χ1n) is 4.98. The first kappa shape index (κ1) is 14.7. The molecule has 1 aromatic rings. The topological polar surface area (TPSA) is 83.5 Å². The van der Waals surface area contributed by atoms with Gasteiger partial charge in [0.2, 0.25) is 10.0 Å². The number of aliphatic carboxylic acids is 1. The van der Waals surface area contributed by atoms with Gasteiger partial charge in [-0.3, -0.25) is 9.52 Å². The van der Waals surface area contributed by atoms with Gasteiger partial charge in [-0.25, -0.2) is 12.8 Å². The maximum Gasteiger partial charge on any atom is 0.303 e. The third-order valence-corrected chi connectivity index (χ3v) is 3.67. The normalized spacial score (nSPS) is 11.2. The van der Waals surface area contributed by atoms with Crippen molar-refractivity contribution in [3.05, 3.63) is 29.0 Å². The SMILES string of the molecule is O=C(O)CCCS(=O)(=O)Nc1cccc(Cl)c1F. The van der Waals surface area contributed by atoms with Crippen LogP contribution < -0.4 is 4.72 Å². The van der Waals surface area contributed by atoms with Crippen molar-refractivity contribution in [2.45, 2.75) is 12.8 Å². The van der Waals surface area contributed by atoms with Crippen molar-refractivity contribution in [1.82, 2.24) is 0 Å². The summed E-state index contributed by atoms with van der Waals surface area (Å²) in [5, 5.41) is 8.19. The number of carboxylic acids is 1. The fraction of sp³-hybridized carbons (Fsp3) is 0.300. The van der Waals surface area contributed by atoms with Gasteiger partial charge >= 0.3 is 5.97 Å². The molecule has 0 heterocycles. The third kappa shape index (κ3) is 4.50. The van der Waals surface area contributed by atoms with E-state index >= 15 is 0 Å². The maximum absolute atomic E-state index is 13.4. The van der Waals surface area contributed by atoms with Crippen LogP contribution in [0, 0.1) is 5.82 Å². The highest BCUT2D eigenvalue weighted by atomic mass is 35.5. The molecule has 0 saturated carbocycles. The van der Waals surface area contributed by atoms with Crippen molar-refractivity contribution >= 4 is 33.3 Å².